The molecule has 1 aromatic rings. The van der Waals surface area contributed by atoms with Crippen molar-refractivity contribution in [2.24, 2.45) is 0 Å². The van der Waals surface area contributed by atoms with E-state index < -0.39 is 9.84 Å². The Labute approximate surface area is 90.7 Å². The fourth-order valence-electron chi connectivity index (χ4n) is 1.28. The van der Waals surface area contributed by atoms with Gasteiger partial charge in [0.05, 0.1) is 10.6 Å². The Hall–Kier alpha value is -0.870. The fourth-order valence-corrected chi connectivity index (χ4v) is 2.16. The largest absolute Gasteiger partial charge is 0.396 e. The van der Waals surface area contributed by atoms with Gasteiger partial charge < -0.3 is 5.11 Å². The lowest BCUT2D eigenvalue weighted by Gasteiger charge is -2.08. The van der Waals surface area contributed by atoms with Gasteiger partial charge in [0.1, 0.15) is 0 Å². The first-order valence-corrected chi connectivity index (χ1v) is 6.60. The number of benzene rings is 1. The molecule has 0 aliphatic heterocycles. The molecule has 0 amide bonds. The molecule has 0 aromatic heterocycles. The second-order valence-electron chi connectivity index (χ2n) is 3.56. The number of aliphatic hydroxyl groups is 1. The first-order chi connectivity index (χ1) is 7.01. The van der Waals surface area contributed by atoms with Gasteiger partial charge in [0.15, 0.2) is 9.84 Å². The van der Waals surface area contributed by atoms with E-state index in [4.69, 9.17) is 5.11 Å². The maximum absolute atomic E-state index is 11.5. The van der Waals surface area contributed by atoms with Gasteiger partial charge in [-0.2, -0.15) is 0 Å². The smallest absolute Gasteiger partial charge is 0.178 e. The molecule has 0 bridgehead atoms. The minimum atomic E-state index is -3.11. The first-order valence-electron chi connectivity index (χ1n) is 4.95. The van der Waals surface area contributed by atoms with E-state index in [9.17, 15) is 8.42 Å². The molecule has 0 spiro atoms. The van der Waals surface area contributed by atoms with Crippen LogP contribution in [0.25, 0.3) is 0 Å². The standard InChI is InChI=1S/C11H16O3S/c1-3-15(13,14)11-6-4-10(5-7-11)9(2)8-12/h4-7,9,12H,3,8H2,1-2H3. The van der Waals surface area contributed by atoms with Crippen LogP contribution in [0.2, 0.25) is 0 Å². The van der Waals surface area contributed by atoms with Crippen molar-refractivity contribution >= 4 is 9.84 Å². The fraction of sp³-hybridized carbons (Fsp3) is 0.455. The van der Waals surface area contributed by atoms with Crippen molar-refractivity contribution in [3.05, 3.63) is 29.8 Å². The average Bonchev–Trinajstić information content (AvgIpc) is 2.28. The highest BCUT2D eigenvalue weighted by molar-refractivity contribution is 7.91. The van der Waals surface area contributed by atoms with Crippen LogP contribution < -0.4 is 0 Å². The van der Waals surface area contributed by atoms with Crippen molar-refractivity contribution in [2.45, 2.75) is 24.7 Å². The monoisotopic (exact) mass is 228 g/mol. The summed E-state index contributed by atoms with van der Waals surface area (Å²) in [5, 5.41) is 8.95. The van der Waals surface area contributed by atoms with Gasteiger partial charge in [0, 0.05) is 12.5 Å². The molecule has 0 saturated heterocycles. The van der Waals surface area contributed by atoms with Crippen molar-refractivity contribution in [1.29, 1.82) is 0 Å². The summed E-state index contributed by atoms with van der Waals surface area (Å²) in [4.78, 5) is 0.346. The molecule has 0 saturated carbocycles. The molecule has 1 unspecified atom stereocenters. The average molecular weight is 228 g/mol. The van der Waals surface area contributed by atoms with Crippen molar-refractivity contribution in [3.63, 3.8) is 0 Å². The third-order valence-corrected chi connectivity index (χ3v) is 4.21. The Morgan fingerprint density at radius 1 is 1.27 bits per heavy atom. The van der Waals surface area contributed by atoms with Crippen molar-refractivity contribution in [3.8, 4) is 0 Å². The maximum atomic E-state index is 11.5. The summed E-state index contributed by atoms with van der Waals surface area (Å²) in [6.45, 7) is 3.59. The minimum Gasteiger partial charge on any atom is -0.396 e. The molecular weight excluding hydrogens is 212 g/mol. The van der Waals surface area contributed by atoms with Gasteiger partial charge in [-0.05, 0) is 17.7 Å². The number of aliphatic hydroxyl groups excluding tert-OH is 1. The highest BCUT2D eigenvalue weighted by atomic mass is 32.2. The van der Waals surface area contributed by atoms with Crippen LogP contribution in [0.3, 0.4) is 0 Å². The summed E-state index contributed by atoms with van der Waals surface area (Å²) in [7, 11) is -3.11. The van der Waals surface area contributed by atoms with Crippen LogP contribution in [0.15, 0.2) is 29.2 Å². The Balaban J connectivity index is 3.00. The third kappa shape index (κ3) is 2.79. The van der Waals surface area contributed by atoms with Crippen molar-refractivity contribution < 1.29 is 13.5 Å². The molecule has 3 nitrogen and oxygen atoms in total. The molecule has 0 aliphatic rings. The third-order valence-electron chi connectivity index (χ3n) is 2.46. The molecule has 1 atom stereocenters. The zero-order valence-electron chi connectivity index (χ0n) is 8.97. The molecule has 0 aliphatic carbocycles. The predicted octanol–water partition coefficient (Wildman–Crippen LogP) is 1.58. The van der Waals surface area contributed by atoms with Crippen LogP contribution in [0.5, 0.6) is 0 Å². The molecule has 4 heteroatoms. The van der Waals surface area contributed by atoms with E-state index in [0.717, 1.165) is 5.56 Å². The maximum Gasteiger partial charge on any atom is 0.178 e. The van der Waals surface area contributed by atoms with Crippen molar-refractivity contribution in [2.75, 3.05) is 12.4 Å². The Bertz CT molecular complexity index is 406. The summed E-state index contributed by atoms with van der Waals surface area (Å²) in [5.41, 5.74) is 0.951. The van der Waals surface area contributed by atoms with Crippen LogP contribution in [-0.4, -0.2) is 25.9 Å². The van der Waals surface area contributed by atoms with Gasteiger partial charge in [-0.3, -0.25) is 0 Å². The molecule has 0 heterocycles. The summed E-state index contributed by atoms with van der Waals surface area (Å²) in [6, 6.07) is 6.70. The summed E-state index contributed by atoms with van der Waals surface area (Å²) < 4.78 is 23.0. The quantitative estimate of drug-likeness (QED) is 0.851. The van der Waals surface area contributed by atoms with E-state index in [1.54, 1.807) is 31.2 Å². The highest BCUT2D eigenvalue weighted by Crippen LogP contribution is 2.18. The zero-order chi connectivity index (χ0) is 11.5. The Morgan fingerprint density at radius 2 is 1.80 bits per heavy atom. The number of hydrogen-bond acceptors (Lipinski definition) is 3. The second-order valence-corrected chi connectivity index (χ2v) is 5.83. The van der Waals surface area contributed by atoms with E-state index in [2.05, 4.69) is 0 Å². The summed E-state index contributed by atoms with van der Waals surface area (Å²) in [5.74, 6) is 0.158. The topological polar surface area (TPSA) is 54.4 Å². The van der Waals surface area contributed by atoms with Crippen LogP contribution in [0, 0.1) is 0 Å². The first kappa shape index (κ1) is 12.2. The highest BCUT2D eigenvalue weighted by Gasteiger charge is 2.11. The van der Waals surface area contributed by atoms with E-state index in [0.29, 0.717) is 4.90 Å². The van der Waals surface area contributed by atoms with E-state index >= 15 is 0 Å². The molecule has 1 rings (SSSR count). The lowest BCUT2D eigenvalue weighted by Crippen LogP contribution is -2.04. The minimum absolute atomic E-state index is 0.0448. The molecule has 84 valence electrons. The van der Waals surface area contributed by atoms with Gasteiger partial charge >= 0.3 is 0 Å². The van der Waals surface area contributed by atoms with E-state index in [1.807, 2.05) is 6.92 Å². The van der Waals surface area contributed by atoms with Crippen molar-refractivity contribution in [1.82, 2.24) is 0 Å². The molecule has 15 heavy (non-hydrogen) atoms. The van der Waals surface area contributed by atoms with Gasteiger partial charge in [-0.15, -0.1) is 0 Å². The Kier molecular flexibility index (Phi) is 3.88. The second kappa shape index (κ2) is 4.77. The predicted molar refractivity (Wildman–Crippen MR) is 59.7 cm³/mol. The lowest BCUT2D eigenvalue weighted by atomic mass is 10.0. The number of rotatable bonds is 4. The zero-order valence-corrected chi connectivity index (χ0v) is 9.79. The SMILES string of the molecule is CCS(=O)(=O)c1ccc(C(C)CO)cc1. The number of hydrogen-bond donors (Lipinski definition) is 1. The number of sulfone groups is 1. The molecule has 0 radical (unpaired) electrons. The van der Waals surface area contributed by atoms with E-state index in [1.165, 1.54) is 0 Å². The van der Waals surface area contributed by atoms with Gasteiger partial charge in [0.2, 0.25) is 0 Å². The molecule has 1 N–H and O–H groups in total. The molecule has 1 aromatic carbocycles. The summed E-state index contributed by atoms with van der Waals surface area (Å²) in [6.07, 6.45) is 0. The summed E-state index contributed by atoms with van der Waals surface area (Å²) >= 11 is 0. The lowest BCUT2D eigenvalue weighted by molar-refractivity contribution is 0.273. The van der Waals surface area contributed by atoms with Gasteiger partial charge in [0.25, 0.3) is 0 Å². The van der Waals surface area contributed by atoms with Crippen LogP contribution in [0.4, 0.5) is 0 Å². The Morgan fingerprint density at radius 3 is 2.20 bits per heavy atom. The van der Waals surface area contributed by atoms with Crippen LogP contribution in [0.1, 0.15) is 25.3 Å². The van der Waals surface area contributed by atoms with Gasteiger partial charge in [-0.25, -0.2) is 8.42 Å². The van der Waals surface area contributed by atoms with Crippen LogP contribution >= 0.6 is 0 Å². The van der Waals surface area contributed by atoms with Crippen LogP contribution in [-0.2, 0) is 9.84 Å². The van der Waals surface area contributed by atoms with Gasteiger partial charge in [-0.1, -0.05) is 26.0 Å². The molecule has 0 fully saturated rings. The molecular formula is C11H16O3S. The van der Waals surface area contributed by atoms with E-state index in [-0.39, 0.29) is 18.3 Å². The normalized spacial score (nSPS) is 13.8.